The molecule has 0 aliphatic rings. The SMILES string of the molecule is CCOCCCOc1ccc(CNCC(C)C)nc1. The highest BCUT2D eigenvalue weighted by atomic mass is 16.5. The molecule has 1 heterocycles. The number of ether oxygens (including phenoxy) is 2. The van der Waals surface area contributed by atoms with Crippen LogP contribution in [0.5, 0.6) is 5.75 Å². The summed E-state index contributed by atoms with van der Waals surface area (Å²) in [5, 5.41) is 3.37. The van der Waals surface area contributed by atoms with Gasteiger partial charge in [-0.3, -0.25) is 4.98 Å². The van der Waals surface area contributed by atoms with Crippen molar-refractivity contribution in [3.05, 3.63) is 24.0 Å². The molecule has 1 aromatic heterocycles. The lowest BCUT2D eigenvalue weighted by atomic mass is 10.2. The lowest BCUT2D eigenvalue weighted by molar-refractivity contribution is 0.131. The Morgan fingerprint density at radius 2 is 2.11 bits per heavy atom. The van der Waals surface area contributed by atoms with Crippen LogP contribution in [-0.2, 0) is 11.3 Å². The van der Waals surface area contributed by atoms with Crippen LogP contribution in [0.15, 0.2) is 18.3 Å². The molecule has 0 aliphatic carbocycles. The van der Waals surface area contributed by atoms with Crippen LogP contribution in [0.25, 0.3) is 0 Å². The van der Waals surface area contributed by atoms with Gasteiger partial charge in [0.2, 0.25) is 0 Å². The van der Waals surface area contributed by atoms with Gasteiger partial charge in [0.15, 0.2) is 0 Å². The predicted octanol–water partition coefficient (Wildman–Crippen LogP) is 2.63. The highest BCUT2D eigenvalue weighted by Gasteiger charge is 1.98. The first-order chi connectivity index (χ1) is 9.22. The highest BCUT2D eigenvalue weighted by molar-refractivity contribution is 5.19. The second-order valence-corrected chi connectivity index (χ2v) is 4.91. The minimum atomic E-state index is 0.660. The summed E-state index contributed by atoms with van der Waals surface area (Å²) < 4.78 is 10.8. The van der Waals surface area contributed by atoms with Gasteiger partial charge in [-0.1, -0.05) is 13.8 Å². The van der Waals surface area contributed by atoms with Crippen molar-refractivity contribution in [3.63, 3.8) is 0 Å². The van der Waals surface area contributed by atoms with Crippen molar-refractivity contribution in [2.75, 3.05) is 26.4 Å². The van der Waals surface area contributed by atoms with Crippen LogP contribution < -0.4 is 10.1 Å². The Balaban J connectivity index is 2.19. The summed E-state index contributed by atoms with van der Waals surface area (Å²) >= 11 is 0. The van der Waals surface area contributed by atoms with Gasteiger partial charge in [0, 0.05) is 26.2 Å². The monoisotopic (exact) mass is 266 g/mol. The number of aromatic nitrogens is 1. The molecular weight excluding hydrogens is 240 g/mol. The first-order valence-corrected chi connectivity index (χ1v) is 7.08. The van der Waals surface area contributed by atoms with Gasteiger partial charge in [0.25, 0.3) is 0 Å². The molecule has 0 fully saturated rings. The summed E-state index contributed by atoms with van der Waals surface area (Å²) in [6, 6.07) is 3.98. The molecule has 0 amide bonds. The number of hydrogen-bond donors (Lipinski definition) is 1. The molecular formula is C15H26N2O2. The summed E-state index contributed by atoms with van der Waals surface area (Å²) in [4.78, 5) is 4.37. The first kappa shape index (κ1) is 15.9. The second-order valence-electron chi connectivity index (χ2n) is 4.91. The average molecular weight is 266 g/mol. The van der Waals surface area contributed by atoms with Crippen LogP contribution in [0.3, 0.4) is 0 Å². The zero-order valence-electron chi connectivity index (χ0n) is 12.3. The second kappa shape index (κ2) is 9.75. The van der Waals surface area contributed by atoms with E-state index in [0.717, 1.165) is 44.2 Å². The van der Waals surface area contributed by atoms with Crippen LogP contribution in [0.1, 0.15) is 32.9 Å². The van der Waals surface area contributed by atoms with Crippen LogP contribution in [0.4, 0.5) is 0 Å². The van der Waals surface area contributed by atoms with Gasteiger partial charge in [-0.2, -0.15) is 0 Å². The quantitative estimate of drug-likeness (QED) is 0.661. The van der Waals surface area contributed by atoms with E-state index >= 15 is 0 Å². The normalized spacial score (nSPS) is 10.9. The first-order valence-electron chi connectivity index (χ1n) is 7.08. The van der Waals surface area contributed by atoms with Gasteiger partial charge in [-0.25, -0.2) is 0 Å². The van der Waals surface area contributed by atoms with Crippen LogP contribution in [0, 0.1) is 5.92 Å². The molecule has 0 radical (unpaired) electrons. The molecule has 0 bridgehead atoms. The Morgan fingerprint density at radius 1 is 1.26 bits per heavy atom. The van der Waals surface area contributed by atoms with E-state index in [9.17, 15) is 0 Å². The average Bonchev–Trinajstić information content (AvgIpc) is 2.40. The molecule has 1 aromatic rings. The van der Waals surface area contributed by atoms with Gasteiger partial charge in [-0.05, 0) is 31.5 Å². The van der Waals surface area contributed by atoms with Crippen molar-refractivity contribution >= 4 is 0 Å². The molecule has 0 aromatic carbocycles. The lowest BCUT2D eigenvalue weighted by Gasteiger charge is -2.08. The third kappa shape index (κ3) is 7.80. The Labute approximate surface area is 116 Å². The molecule has 0 saturated carbocycles. The molecule has 19 heavy (non-hydrogen) atoms. The Bertz CT molecular complexity index is 325. The van der Waals surface area contributed by atoms with Gasteiger partial charge in [0.1, 0.15) is 5.75 Å². The van der Waals surface area contributed by atoms with E-state index in [0.29, 0.717) is 12.5 Å². The zero-order valence-corrected chi connectivity index (χ0v) is 12.3. The fraction of sp³-hybridized carbons (Fsp3) is 0.667. The van der Waals surface area contributed by atoms with Crippen LogP contribution in [-0.4, -0.2) is 31.3 Å². The fourth-order valence-electron chi connectivity index (χ4n) is 1.59. The molecule has 108 valence electrons. The Morgan fingerprint density at radius 3 is 2.74 bits per heavy atom. The van der Waals surface area contributed by atoms with E-state index in [-0.39, 0.29) is 0 Å². The van der Waals surface area contributed by atoms with E-state index in [2.05, 4.69) is 24.1 Å². The molecule has 4 heteroatoms. The minimum absolute atomic E-state index is 0.660. The Kier molecular flexibility index (Phi) is 8.18. The smallest absolute Gasteiger partial charge is 0.137 e. The molecule has 4 nitrogen and oxygen atoms in total. The highest BCUT2D eigenvalue weighted by Crippen LogP contribution is 2.09. The largest absolute Gasteiger partial charge is 0.492 e. The molecule has 1 N–H and O–H groups in total. The van der Waals surface area contributed by atoms with Gasteiger partial charge in [-0.15, -0.1) is 0 Å². The lowest BCUT2D eigenvalue weighted by Crippen LogP contribution is -2.19. The molecule has 0 saturated heterocycles. The molecule has 0 unspecified atom stereocenters. The third-order valence-corrected chi connectivity index (χ3v) is 2.56. The van der Waals surface area contributed by atoms with E-state index in [1.165, 1.54) is 0 Å². The zero-order chi connectivity index (χ0) is 13.9. The van der Waals surface area contributed by atoms with E-state index in [4.69, 9.17) is 9.47 Å². The maximum atomic E-state index is 5.59. The summed E-state index contributed by atoms with van der Waals surface area (Å²) in [5.74, 6) is 1.48. The molecule has 0 atom stereocenters. The summed E-state index contributed by atoms with van der Waals surface area (Å²) in [5.41, 5.74) is 1.04. The number of hydrogen-bond acceptors (Lipinski definition) is 4. The predicted molar refractivity (Wildman–Crippen MR) is 77.4 cm³/mol. The Hall–Kier alpha value is -1.13. The fourth-order valence-corrected chi connectivity index (χ4v) is 1.59. The van der Waals surface area contributed by atoms with E-state index in [1.54, 1.807) is 6.20 Å². The number of nitrogens with one attached hydrogen (secondary N) is 1. The minimum Gasteiger partial charge on any atom is -0.492 e. The van der Waals surface area contributed by atoms with Gasteiger partial charge >= 0.3 is 0 Å². The number of rotatable bonds is 10. The maximum Gasteiger partial charge on any atom is 0.137 e. The van der Waals surface area contributed by atoms with Crippen LogP contribution >= 0.6 is 0 Å². The van der Waals surface area contributed by atoms with Gasteiger partial charge < -0.3 is 14.8 Å². The number of nitrogens with zero attached hydrogens (tertiary/aromatic N) is 1. The van der Waals surface area contributed by atoms with Crippen molar-refractivity contribution in [1.82, 2.24) is 10.3 Å². The van der Waals surface area contributed by atoms with Crippen molar-refractivity contribution in [1.29, 1.82) is 0 Å². The summed E-state index contributed by atoms with van der Waals surface area (Å²) in [6.45, 7) is 10.4. The standard InChI is InChI=1S/C15H26N2O2/c1-4-18-8-5-9-19-15-7-6-14(17-12-15)11-16-10-13(2)3/h6-7,12-13,16H,4-5,8-11H2,1-3H3. The third-order valence-electron chi connectivity index (χ3n) is 2.56. The molecule has 0 aliphatic heterocycles. The molecule has 1 rings (SSSR count). The van der Waals surface area contributed by atoms with Crippen molar-refractivity contribution in [2.45, 2.75) is 33.7 Å². The van der Waals surface area contributed by atoms with Crippen molar-refractivity contribution in [3.8, 4) is 5.75 Å². The maximum absolute atomic E-state index is 5.59. The topological polar surface area (TPSA) is 43.4 Å². The van der Waals surface area contributed by atoms with Crippen LogP contribution in [0.2, 0.25) is 0 Å². The summed E-state index contributed by atoms with van der Waals surface area (Å²) in [7, 11) is 0. The van der Waals surface area contributed by atoms with E-state index < -0.39 is 0 Å². The van der Waals surface area contributed by atoms with Crippen molar-refractivity contribution < 1.29 is 9.47 Å². The number of pyridine rings is 1. The molecule has 0 spiro atoms. The summed E-state index contributed by atoms with van der Waals surface area (Å²) in [6.07, 6.45) is 2.69. The van der Waals surface area contributed by atoms with Gasteiger partial charge in [0.05, 0.1) is 18.5 Å². The van der Waals surface area contributed by atoms with Crippen molar-refractivity contribution in [2.24, 2.45) is 5.92 Å². The van der Waals surface area contributed by atoms with E-state index in [1.807, 2.05) is 19.1 Å².